The van der Waals surface area contributed by atoms with Crippen LogP contribution in [0.1, 0.15) is 22.3 Å². The molecule has 0 unspecified atom stereocenters. The van der Waals surface area contributed by atoms with Gasteiger partial charge in [0.1, 0.15) is 5.75 Å². The van der Waals surface area contributed by atoms with E-state index in [1.807, 2.05) is 55.5 Å². The molecule has 0 saturated heterocycles. The van der Waals surface area contributed by atoms with Gasteiger partial charge in [-0.05, 0) is 73.9 Å². The molecule has 0 bridgehead atoms. The van der Waals surface area contributed by atoms with Crippen LogP contribution in [0.4, 0.5) is 11.4 Å². The van der Waals surface area contributed by atoms with Gasteiger partial charge in [0.2, 0.25) is 0 Å². The standard InChI is InChI=1S/C24H26N2O2/c1-17-4-9-21(10-5-17)26-24(27)16-28-23-12-7-20(8-13-23)15-25-22-11-6-18(2)19(3)14-22/h4-14,25H,15-16H2,1-3H3,(H,26,27). The molecule has 1 amide bonds. The smallest absolute Gasteiger partial charge is 0.262 e. The summed E-state index contributed by atoms with van der Waals surface area (Å²) in [7, 11) is 0. The van der Waals surface area contributed by atoms with E-state index < -0.39 is 0 Å². The van der Waals surface area contributed by atoms with E-state index in [1.165, 1.54) is 11.1 Å². The average molecular weight is 374 g/mol. The van der Waals surface area contributed by atoms with Gasteiger partial charge in [0.15, 0.2) is 6.61 Å². The molecule has 2 N–H and O–H groups in total. The van der Waals surface area contributed by atoms with Gasteiger partial charge in [0.05, 0.1) is 0 Å². The highest BCUT2D eigenvalue weighted by molar-refractivity contribution is 5.91. The van der Waals surface area contributed by atoms with E-state index in [-0.39, 0.29) is 12.5 Å². The van der Waals surface area contributed by atoms with Crippen molar-refractivity contribution >= 4 is 17.3 Å². The van der Waals surface area contributed by atoms with Crippen molar-refractivity contribution in [1.29, 1.82) is 0 Å². The second kappa shape index (κ2) is 9.09. The highest BCUT2D eigenvalue weighted by Crippen LogP contribution is 2.17. The van der Waals surface area contributed by atoms with Crippen LogP contribution in [0.25, 0.3) is 0 Å². The van der Waals surface area contributed by atoms with E-state index in [0.717, 1.165) is 29.0 Å². The highest BCUT2D eigenvalue weighted by Gasteiger charge is 2.04. The molecular formula is C24H26N2O2. The van der Waals surface area contributed by atoms with Gasteiger partial charge in [-0.25, -0.2) is 0 Å². The number of carbonyl (C=O) groups is 1. The molecule has 4 heteroatoms. The Hall–Kier alpha value is -3.27. The topological polar surface area (TPSA) is 50.4 Å². The van der Waals surface area contributed by atoms with Crippen LogP contribution in [-0.2, 0) is 11.3 Å². The molecule has 144 valence electrons. The van der Waals surface area contributed by atoms with Crippen molar-refractivity contribution in [3.8, 4) is 5.75 Å². The number of aryl methyl sites for hydroxylation is 3. The molecular weight excluding hydrogens is 348 g/mol. The Morgan fingerprint density at radius 1 is 0.821 bits per heavy atom. The van der Waals surface area contributed by atoms with Gasteiger partial charge in [-0.1, -0.05) is 35.9 Å². The zero-order valence-electron chi connectivity index (χ0n) is 16.6. The normalized spacial score (nSPS) is 10.4. The van der Waals surface area contributed by atoms with Crippen LogP contribution in [0.2, 0.25) is 0 Å². The number of benzene rings is 3. The van der Waals surface area contributed by atoms with Crippen LogP contribution in [0.15, 0.2) is 66.7 Å². The summed E-state index contributed by atoms with van der Waals surface area (Å²) in [5, 5.41) is 6.25. The van der Waals surface area contributed by atoms with Crippen LogP contribution >= 0.6 is 0 Å². The Balaban J connectivity index is 1.46. The lowest BCUT2D eigenvalue weighted by atomic mass is 10.1. The summed E-state index contributed by atoms with van der Waals surface area (Å²) in [5.74, 6) is 0.498. The van der Waals surface area contributed by atoms with Crippen molar-refractivity contribution in [2.24, 2.45) is 0 Å². The van der Waals surface area contributed by atoms with Crippen molar-refractivity contribution in [3.63, 3.8) is 0 Å². The summed E-state index contributed by atoms with van der Waals surface area (Å²) in [6, 6.07) is 21.8. The van der Waals surface area contributed by atoms with Gasteiger partial charge in [0, 0.05) is 17.9 Å². The number of anilines is 2. The van der Waals surface area contributed by atoms with Crippen LogP contribution in [0.5, 0.6) is 5.75 Å². The molecule has 3 aromatic rings. The molecule has 0 fully saturated rings. The number of nitrogens with one attached hydrogen (secondary N) is 2. The largest absolute Gasteiger partial charge is 0.484 e. The molecule has 28 heavy (non-hydrogen) atoms. The Labute approximate surface area is 166 Å². The van der Waals surface area contributed by atoms with Gasteiger partial charge in [-0.3, -0.25) is 4.79 Å². The third-order valence-electron chi connectivity index (χ3n) is 4.63. The number of hydrogen-bond acceptors (Lipinski definition) is 3. The molecule has 0 atom stereocenters. The molecule has 0 radical (unpaired) electrons. The second-order valence-corrected chi connectivity index (χ2v) is 7.00. The van der Waals surface area contributed by atoms with Gasteiger partial charge >= 0.3 is 0 Å². The third-order valence-corrected chi connectivity index (χ3v) is 4.63. The summed E-state index contributed by atoms with van der Waals surface area (Å²) in [6.45, 7) is 6.95. The first kappa shape index (κ1) is 19.5. The third kappa shape index (κ3) is 5.61. The molecule has 0 aliphatic rings. The van der Waals surface area contributed by atoms with Gasteiger partial charge in [-0.15, -0.1) is 0 Å². The number of ether oxygens (including phenoxy) is 1. The SMILES string of the molecule is Cc1ccc(NC(=O)COc2ccc(CNc3ccc(C)c(C)c3)cc2)cc1. The van der Waals surface area contributed by atoms with Gasteiger partial charge < -0.3 is 15.4 Å². The summed E-state index contributed by atoms with van der Waals surface area (Å²) in [6.07, 6.45) is 0. The van der Waals surface area contributed by atoms with Crippen LogP contribution in [0, 0.1) is 20.8 Å². The quantitative estimate of drug-likeness (QED) is 0.594. The molecule has 0 saturated carbocycles. The number of carbonyl (C=O) groups excluding carboxylic acids is 1. The first-order valence-electron chi connectivity index (χ1n) is 9.39. The predicted molar refractivity (Wildman–Crippen MR) is 115 cm³/mol. The summed E-state index contributed by atoms with van der Waals surface area (Å²) in [5.41, 5.74) is 6.75. The molecule has 0 aromatic heterocycles. The monoisotopic (exact) mass is 374 g/mol. The van der Waals surface area contributed by atoms with E-state index in [2.05, 4.69) is 42.7 Å². The van der Waals surface area contributed by atoms with Crippen molar-refractivity contribution in [2.45, 2.75) is 27.3 Å². The van der Waals surface area contributed by atoms with Crippen LogP contribution < -0.4 is 15.4 Å². The van der Waals surface area contributed by atoms with E-state index in [4.69, 9.17) is 4.74 Å². The zero-order valence-corrected chi connectivity index (χ0v) is 16.6. The van der Waals surface area contributed by atoms with Crippen LogP contribution in [-0.4, -0.2) is 12.5 Å². The Kier molecular flexibility index (Phi) is 6.33. The zero-order chi connectivity index (χ0) is 19.9. The fourth-order valence-corrected chi connectivity index (χ4v) is 2.74. The second-order valence-electron chi connectivity index (χ2n) is 7.00. The minimum atomic E-state index is -0.177. The number of amides is 1. The molecule has 0 aliphatic carbocycles. The lowest BCUT2D eigenvalue weighted by Gasteiger charge is -2.10. The van der Waals surface area contributed by atoms with Crippen molar-refractivity contribution in [2.75, 3.05) is 17.2 Å². The van der Waals surface area contributed by atoms with Crippen molar-refractivity contribution in [3.05, 3.63) is 89.0 Å². The summed E-state index contributed by atoms with van der Waals surface area (Å²) in [4.78, 5) is 12.0. The van der Waals surface area contributed by atoms with Crippen molar-refractivity contribution < 1.29 is 9.53 Å². The Morgan fingerprint density at radius 2 is 1.50 bits per heavy atom. The molecule has 3 rings (SSSR count). The minimum Gasteiger partial charge on any atom is -0.484 e. The van der Waals surface area contributed by atoms with E-state index in [0.29, 0.717) is 5.75 Å². The lowest BCUT2D eigenvalue weighted by molar-refractivity contribution is -0.118. The van der Waals surface area contributed by atoms with Gasteiger partial charge in [0.25, 0.3) is 5.91 Å². The minimum absolute atomic E-state index is 0.0197. The average Bonchev–Trinajstić information content (AvgIpc) is 2.70. The molecule has 3 aromatic carbocycles. The fraction of sp³-hybridized carbons (Fsp3) is 0.208. The molecule has 0 spiro atoms. The van der Waals surface area contributed by atoms with E-state index >= 15 is 0 Å². The number of hydrogen-bond donors (Lipinski definition) is 2. The Morgan fingerprint density at radius 3 is 2.18 bits per heavy atom. The molecule has 0 aliphatic heterocycles. The summed E-state index contributed by atoms with van der Waals surface area (Å²) < 4.78 is 5.58. The lowest BCUT2D eigenvalue weighted by Crippen LogP contribution is -2.20. The Bertz CT molecular complexity index is 932. The highest BCUT2D eigenvalue weighted by atomic mass is 16.5. The summed E-state index contributed by atoms with van der Waals surface area (Å²) >= 11 is 0. The maximum absolute atomic E-state index is 12.0. The molecule has 4 nitrogen and oxygen atoms in total. The maximum atomic E-state index is 12.0. The fourth-order valence-electron chi connectivity index (χ4n) is 2.74. The van der Waals surface area contributed by atoms with Gasteiger partial charge in [-0.2, -0.15) is 0 Å². The first-order chi connectivity index (χ1) is 13.5. The predicted octanol–water partition coefficient (Wildman–Crippen LogP) is 5.24. The van der Waals surface area contributed by atoms with Crippen molar-refractivity contribution in [1.82, 2.24) is 0 Å². The first-order valence-corrected chi connectivity index (χ1v) is 9.39. The van der Waals surface area contributed by atoms with E-state index in [9.17, 15) is 4.79 Å². The number of rotatable bonds is 7. The molecule has 0 heterocycles. The van der Waals surface area contributed by atoms with Crippen LogP contribution in [0.3, 0.4) is 0 Å². The maximum Gasteiger partial charge on any atom is 0.262 e. The van der Waals surface area contributed by atoms with E-state index in [1.54, 1.807) is 0 Å².